The Morgan fingerprint density at radius 3 is 0.816 bits per heavy atom. The lowest BCUT2D eigenvalue weighted by Gasteiger charge is -2.23. The molecule has 0 saturated heterocycles. The van der Waals surface area contributed by atoms with E-state index < -0.39 is 43.8 Å². The molecule has 6 N–H and O–H groups in total. The summed E-state index contributed by atoms with van der Waals surface area (Å²) in [5.74, 6) is -1.32. The maximum absolute atomic E-state index is 10.3. The molecule has 0 heterocycles. The van der Waals surface area contributed by atoms with E-state index in [9.17, 15) is 9.59 Å². The average molecular weight is 703 g/mol. The van der Waals surface area contributed by atoms with Crippen LogP contribution in [0.2, 0.25) is 0 Å². The largest absolute Gasteiger partial charge is 0.481 e. The maximum atomic E-state index is 10.3. The normalized spacial score (nSPS) is 11.2. The number of aliphatic carboxylic acids is 2. The lowest BCUT2D eigenvalue weighted by Crippen LogP contribution is -2.37. The Hall–Kier alpha value is -1.48. The van der Waals surface area contributed by atoms with E-state index in [0.717, 1.165) is 25.7 Å². The highest BCUT2D eigenvalue weighted by atomic mass is 16.4. The zero-order valence-corrected chi connectivity index (χ0v) is 32.2. The molecule has 0 spiro atoms. The number of carboxylic acid groups (broad SMARTS) is 2. The van der Waals surface area contributed by atoms with Gasteiger partial charge in [0.15, 0.2) is 0 Å². The minimum Gasteiger partial charge on any atom is -0.481 e. The molecule has 0 rings (SSSR count). The summed E-state index contributed by atoms with van der Waals surface area (Å²) in [6, 6.07) is 0. The molecule has 0 saturated carbocycles. The second-order valence-corrected chi connectivity index (χ2v) is 14.0. The van der Waals surface area contributed by atoms with Gasteiger partial charge in [0.2, 0.25) is 0 Å². The van der Waals surface area contributed by atoms with Crippen LogP contribution < -0.4 is 0 Å². The molecule has 0 aliphatic rings. The molecule has 0 aromatic heterocycles. The number of carbonyl (C=O) groups is 2. The lowest BCUT2D eigenvalue weighted by molar-refractivity contribution is -0.138. The van der Waals surface area contributed by atoms with Crippen LogP contribution >= 0.6 is 0 Å². The van der Waals surface area contributed by atoms with E-state index in [4.69, 9.17) is 30.6 Å². The van der Waals surface area contributed by atoms with E-state index in [-0.39, 0.29) is 0 Å². The zero-order chi connectivity index (χ0) is 37.1. The highest BCUT2D eigenvalue weighted by Crippen LogP contribution is 2.14. The van der Waals surface area contributed by atoms with E-state index in [1.165, 1.54) is 154 Å². The van der Waals surface area contributed by atoms with Crippen molar-refractivity contribution in [3.63, 3.8) is 0 Å². The van der Waals surface area contributed by atoms with Crippen LogP contribution in [-0.2, 0) is 9.59 Å². The third-order valence-corrected chi connectivity index (χ3v) is 8.99. The van der Waals surface area contributed by atoms with E-state index >= 15 is 0 Å². The van der Waals surface area contributed by atoms with Crippen LogP contribution in [0.3, 0.4) is 0 Å². The summed E-state index contributed by atoms with van der Waals surface area (Å²) in [5, 5.41) is 51.0. The molecule has 49 heavy (non-hydrogen) atoms. The summed E-state index contributed by atoms with van der Waals surface area (Å²) >= 11 is 0. The molecule has 294 valence electrons. The Morgan fingerprint density at radius 2 is 0.612 bits per heavy atom. The smallest absolute Gasteiger partial charge is 0.303 e. The van der Waals surface area contributed by atoms with Gasteiger partial charge in [0, 0.05) is 12.8 Å². The van der Waals surface area contributed by atoms with Gasteiger partial charge >= 0.3 is 11.9 Å². The Labute approximate surface area is 302 Å². The maximum Gasteiger partial charge on any atom is 0.303 e. The van der Waals surface area contributed by atoms with Gasteiger partial charge in [0.1, 0.15) is 0 Å². The van der Waals surface area contributed by atoms with Crippen LogP contribution in [0.1, 0.15) is 206 Å². The van der Waals surface area contributed by atoms with Crippen molar-refractivity contribution < 1.29 is 40.2 Å². The highest BCUT2D eigenvalue weighted by molar-refractivity contribution is 5.66. The molecule has 8 nitrogen and oxygen atoms in total. The number of hydrogen-bond acceptors (Lipinski definition) is 6. The first-order valence-electron chi connectivity index (χ1n) is 20.3. The molecular weight excluding hydrogens is 620 g/mol. The predicted molar refractivity (Wildman–Crippen MR) is 205 cm³/mol. The predicted octanol–water partition coefficient (Wildman–Crippen LogP) is 10.4. The molecule has 0 amide bonds. The molecule has 0 aromatic rings. The molecule has 0 aliphatic heterocycles. The fourth-order valence-corrected chi connectivity index (χ4v) is 5.29. The van der Waals surface area contributed by atoms with E-state index in [2.05, 4.69) is 26.0 Å². The fourth-order valence-electron chi connectivity index (χ4n) is 5.29. The summed E-state index contributed by atoms with van der Waals surface area (Å²) in [5.41, 5.74) is -1.11. The van der Waals surface area contributed by atoms with Crippen LogP contribution in [0.25, 0.3) is 0 Å². The molecule has 0 aliphatic carbocycles. The van der Waals surface area contributed by atoms with Gasteiger partial charge in [-0.2, -0.15) is 0 Å². The van der Waals surface area contributed by atoms with Crippen LogP contribution in [0, 0.1) is 5.41 Å². The number of rotatable bonds is 35. The summed E-state index contributed by atoms with van der Waals surface area (Å²) in [6.07, 6.45) is 41.4. The second kappa shape index (κ2) is 44.5. The topological polar surface area (TPSA) is 156 Å². The third kappa shape index (κ3) is 46.5. The number of aliphatic hydroxyl groups is 4. The Bertz CT molecular complexity index is 661. The van der Waals surface area contributed by atoms with Gasteiger partial charge in [-0.05, 0) is 38.5 Å². The summed E-state index contributed by atoms with van der Waals surface area (Å²) in [6.45, 7) is 2.90. The standard InChI is InChI=1S/C18H36O2.C18H34O2.C5H12O4/c2*1-2-3-4-5-6-7-8-9-10-11-12-13-14-15-16-17-18(19)20;6-1-5(2-7,3-8)4-9/h2-17H2,1H3,(H,19,20);9-10H,2-8,11-17H2,1H3,(H,19,20);6-9H,1-4H2. The van der Waals surface area contributed by atoms with Crippen molar-refractivity contribution in [2.75, 3.05) is 26.4 Å². The molecule has 8 heteroatoms. The molecule has 0 unspecified atom stereocenters. The molecule has 0 fully saturated rings. The molecule has 0 atom stereocenters. The van der Waals surface area contributed by atoms with Crippen molar-refractivity contribution in [3.8, 4) is 0 Å². The molecule has 0 radical (unpaired) electrons. The van der Waals surface area contributed by atoms with Gasteiger partial charge in [0.05, 0.1) is 31.8 Å². The van der Waals surface area contributed by atoms with Crippen molar-refractivity contribution in [2.45, 2.75) is 206 Å². The SMILES string of the molecule is CCCCCCCCC=CCCCCCCCC(=O)O.CCCCCCCCCCCCCCCCCC(=O)O.OCC(CO)(CO)CO. The first-order chi connectivity index (χ1) is 23.8. The lowest BCUT2D eigenvalue weighted by atomic mass is 9.93. The first-order valence-corrected chi connectivity index (χ1v) is 20.3. The van der Waals surface area contributed by atoms with Crippen LogP contribution in [0.4, 0.5) is 0 Å². The average Bonchev–Trinajstić information content (AvgIpc) is 3.10. The van der Waals surface area contributed by atoms with Gasteiger partial charge in [-0.3, -0.25) is 9.59 Å². The van der Waals surface area contributed by atoms with Crippen LogP contribution in [0.5, 0.6) is 0 Å². The number of unbranched alkanes of at least 4 members (excludes halogenated alkanes) is 25. The molecular formula is C41H82O8. The summed E-state index contributed by atoms with van der Waals surface area (Å²) in [7, 11) is 0. The Morgan fingerprint density at radius 1 is 0.388 bits per heavy atom. The highest BCUT2D eigenvalue weighted by Gasteiger charge is 2.26. The van der Waals surface area contributed by atoms with E-state index in [0.29, 0.717) is 12.8 Å². The van der Waals surface area contributed by atoms with Crippen LogP contribution in [-0.4, -0.2) is 69.0 Å². The molecule has 0 bridgehead atoms. The van der Waals surface area contributed by atoms with Crippen molar-refractivity contribution in [3.05, 3.63) is 12.2 Å². The zero-order valence-electron chi connectivity index (χ0n) is 32.2. The minimum atomic E-state index is -1.11. The fraction of sp³-hybridized carbons (Fsp3) is 0.902. The van der Waals surface area contributed by atoms with E-state index in [1.807, 2.05) is 0 Å². The number of hydrogen-bond donors (Lipinski definition) is 6. The first kappa shape index (κ1) is 51.9. The second-order valence-electron chi connectivity index (χ2n) is 14.0. The van der Waals surface area contributed by atoms with Crippen molar-refractivity contribution in [2.24, 2.45) is 5.41 Å². The Balaban J connectivity index is -0.000000695. The van der Waals surface area contributed by atoms with Gasteiger partial charge in [0.25, 0.3) is 0 Å². The number of carboxylic acids is 2. The van der Waals surface area contributed by atoms with Crippen LogP contribution in [0.15, 0.2) is 12.2 Å². The number of aliphatic hydroxyl groups excluding tert-OH is 4. The summed E-state index contributed by atoms with van der Waals surface area (Å²) in [4.78, 5) is 20.7. The van der Waals surface area contributed by atoms with Crippen molar-refractivity contribution in [1.82, 2.24) is 0 Å². The van der Waals surface area contributed by atoms with Gasteiger partial charge in [-0.25, -0.2) is 0 Å². The third-order valence-electron chi connectivity index (χ3n) is 8.99. The van der Waals surface area contributed by atoms with Crippen molar-refractivity contribution >= 4 is 11.9 Å². The van der Waals surface area contributed by atoms with E-state index in [1.54, 1.807) is 0 Å². The van der Waals surface area contributed by atoms with Gasteiger partial charge in [-0.15, -0.1) is 0 Å². The van der Waals surface area contributed by atoms with Gasteiger partial charge in [-0.1, -0.05) is 167 Å². The monoisotopic (exact) mass is 703 g/mol. The quantitative estimate of drug-likeness (QED) is 0.0281. The van der Waals surface area contributed by atoms with Gasteiger partial charge < -0.3 is 30.6 Å². The minimum absolute atomic E-state index is 0.332. The summed E-state index contributed by atoms with van der Waals surface area (Å²) < 4.78 is 0. The Kier molecular flexibility index (Phi) is 47.2. The van der Waals surface area contributed by atoms with Crippen molar-refractivity contribution in [1.29, 1.82) is 0 Å². The molecule has 0 aromatic carbocycles. The number of allylic oxidation sites excluding steroid dienone is 2.